The molecule has 3 N–H and O–H groups in total. The van der Waals surface area contributed by atoms with E-state index in [1.165, 1.54) is 12.3 Å². The molecule has 2 aromatic rings. The summed E-state index contributed by atoms with van der Waals surface area (Å²) in [6.07, 6.45) is 1.32. The van der Waals surface area contributed by atoms with E-state index < -0.39 is 0 Å². The highest BCUT2D eigenvalue weighted by atomic mass is 35.5. The van der Waals surface area contributed by atoms with Crippen molar-refractivity contribution in [3.63, 3.8) is 0 Å². The van der Waals surface area contributed by atoms with Crippen LogP contribution in [0, 0.1) is 6.92 Å². The SMILES string of the molecule is Cc1noc(CNC(=O)c2cc(N)ncc2Cl)n1. The van der Waals surface area contributed by atoms with Crippen LogP contribution < -0.4 is 11.1 Å². The van der Waals surface area contributed by atoms with Gasteiger partial charge in [0.25, 0.3) is 5.91 Å². The molecule has 18 heavy (non-hydrogen) atoms. The number of nitrogens with one attached hydrogen (secondary N) is 1. The fourth-order valence-electron chi connectivity index (χ4n) is 1.29. The minimum absolute atomic E-state index is 0.123. The van der Waals surface area contributed by atoms with E-state index in [-0.39, 0.29) is 28.9 Å². The maximum atomic E-state index is 11.8. The lowest BCUT2D eigenvalue weighted by atomic mass is 10.2. The lowest BCUT2D eigenvalue weighted by Crippen LogP contribution is -2.23. The molecular weight excluding hydrogens is 258 g/mol. The number of carbonyl (C=O) groups is 1. The summed E-state index contributed by atoms with van der Waals surface area (Å²) < 4.78 is 4.86. The summed E-state index contributed by atoms with van der Waals surface area (Å²) in [7, 11) is 0. The van der Waals surface area contributed by atoms with Crippen LogP contribution in [0.2, 0.25) is 5.02 Å². The maximum Gasteiger partial charge on any atom is 0.253 e. The fraction of sp³-hybridized carbons (Fsp3) is 0.200. The van der Waals surface area contributed by atoms with E-state index >= 15 is 0 Å². The second-order valence-electron chi connectivity index (χ2n) is 3.51. The third kappa shape index (κ3) is 2.75. The van der Waals surface area contributed by atoms with E-state index in [1.54, 1.807) is 6.92 Å². The number of amides is 1. The largest absolute Gasteiger partial charge is 0.384 e. The van der Waals surface area contributed by atoms with E-state index in [1.807, 2.05) is 0 Å². The Kier molecular flexibility index (Phi) is 3.42. The molecule has 1 amide bonds. The minimum atomic E-state index is -0.384. The summed E-state index contributed by atoms with van der Waals surface area (Å²) in [5.74, 6) is 0.660. The third-order valence-corrected chi connectivity index (χ3v) is 2.39. The lowest BCUT2D eigenvalue weighted by molar-refractivity contribution is 0.0946. The maximum absolute atomic E-state index is 11.8. The van der Waals surface area contributed by atoms with E-state index in [0.29, 0.717) is 11.7 Å². The van der Waals surface area contributed by atoms with Gasteiger partial charge in [-0.3, -0.25) is 4.79 Å². The van der Waals surface area contributed by atoms with Gasteiger partial charge in [0, 0.05) is 6.20 Å². The van der Waals surface area contributed by atoms with Gasteiger partial charge in [-0.1, -0.05) is 16.8 Å². The average molecular weight is 268 g/mol. The van der Waals surface area contributed by atoms with E-state index in [9.17, 15) is 4.79 Å². The molecule has 0 aliphatic heterocycles. The van der Waals surface area contributed by atoms with E-state index in [0.717, 1.165) is 0 Å². The highest BCUT2D eigenvalue weighted by Crippen LogP contribution is 2.16. The Labute approximate surface area is 107 Å². The molecule has 2 heterocycles. The predicted molar refractivity (Wildman–Crippen MR) is 63.9 cm³/mol. The minimum Gasteiger partial charge on any atom is -0.384 e. The van der Waals surface area contributed by atoms with Gasteiger partial charge < -0.3 is 15.6 Å². The Hall–Kier alpha value is -2.15. The number of rotatable bonds is 3. The van der Waals surface area contributed by atoms with Gasteiger partial charge in [-0.25, -0.2) is 4.98 Å². The van der Waals surface area contributed by atoms with E-state index in [4.69, 9.17) is 21.9 Å². The predicted octanol–water partition coefficient (Wildman–Crippen LogP) is 0.939. The Bertz CT molecular complexity index is 583. The molecule has 0 radical (unpaired) electrons. The van der Waals surface area contributed by atoms with Crippen molar-refractivity contribution in [2.24, 2.45) is 0 Å². The van der Waals surface area contributed by atoms with Crippen LogP contribution in [0.15, 0.2) is 16.8 Å². The number of pyridine rings is 1. The molecule has 0 aliphatic rings. The highest BCUT2D eigenvalue weighted by molar-refractivity contribution is 6.33. The molecule has 0 aliphatic carbocycles. The first-order valence-electron chi connectivity index (χ1n) is 5.04. The van der Waals surface area contributed by atoms with Gasteiger partial charge in [-0.15, -0.1) is 0 Å². The van der Waals surface area contributed by atoms with Crippen molar-refractivity contribution in [2.45, 2.75) is 13.5 Å². The fourth-order valence-corrected chi connectivity index (χ4v) is 1.48. The number of aryl methyl sites for hydroxylation is 1. The molecule has 0 saturated heterocycles. The molecular formula is C10H10ClN5O2. The molecule has 7 nitrogen and oxygen atoms in total. The van der Waals surface area contributed by atoms with Crippen molar-refractivity contribution in [1.29, 1.82) is 0 Å². The average Bonchev–Trinajstić information content (AvgIpc) is 2.75. The van der Waals surface area contributed by atoms with Gasteiger partial charge in [0.15, 0.2) is 5.82 Å². The van der Waals surface area contributed by atoms with Gasteiger partial charge in [-0.05, 0) is 13.0 Å². The molecule has 2 aromatic heterocycles. The topological polar surface area (TPSA) is 107 Å². The second-order valence-corrected chi connectivity index (χ2v) is 3.91. The molecule has 0 bridgehead atoms. The molecule has 8 heteroatoms. The first-order valence-corrected chi connectivity index (χ1v) is 5.42. The smallest absolute Gasteiger partial charge is 0.253 e. The molecule has 0 saturated carbocycles. The van der Waals surface area contributed by atoms with E-state index in [2.05, 4.69) is 20.4 Å². The van der Waals surface area contributed by atoms with Crippen molar-refractivity contribution < 1.29 is 9.32 Å². The number of nitrogens with two attached hydrogens (primary N) is 1. The Morgan fingerprint density at radius 2 is 2.39 bits per heavy atom. The second kappa shape index (κ2) is 5.01. The molecule has 2 rings (SSSR count). The summed E-state index contributed by atoms with van der Waals surface area (Å²) in [5.41, 5.74) is 5.74. The van der Waals surface area contributed by atoms with Crippen LogP contribution in [0.5, 0.6) is 0 Å². The van der Waals surface area contributed by atoms with Gasteiger partial charge in [0.1, 0.15) is 5.82 Å². The number of aromatic nitrogens is 3. The van der Waals surface area contributed by atoms with Crippen molar-refractivity contribution in [2.75, 3.05) is 5.73 Å². The quantitative estimate of drug-likeness (QED) is 0.857. The van der Waals surface area contributed by atoms with Crippen molar-refractivity contribution in [3.8, 4) is 0 Å². The van der Waals surface area contributed by atoms with Gasteiger partial charge in [0.05, 0.1) is 17.1 Å². The first kappa shape index (κ1) is 12.3. The molecule has 0 spiro atoms. The zero-order chi connectivity index (χ0) is 13.1. The standard InChI is InChI=1S/C10H10ClN5O2/c1-5-15-9(18-16-5)4-14-10(17)6-2-8(12)13-3-7(6)11/h2-3H,4H2,1H3,(H2,12,13)(H,14,17). The molecule has 94 valence electrons. The molecule has 0 atom stereocenters. The number of carbonyl (C=O) groups excluding carboxylic acids is 1. The Morgan fingerprint density at radius 3 is 3.06 bits per heavy atom. The Balaban J connectivity index is 2.05. The monoisotopic (exact) mass is 267 g/mol. The summed E-state index contributed by atoms with van der Waals surface area (Å²) in [5, 5.41) is 6.42. The summed E-state index contributed by atoms with van der Waals surface area (Å²) in [6.45, 7) is 1.81. The summed E-state index contributed by atoms with van der Waals surface area (Å²) in [4.78, 5) is 19.6. The highest BCUT2D eigenvalue weighted by Gasteiger charge is 2.12. The number of hydrogen-bond donors (Lipinski definition) is 2. The third-order valence-electron chi connectivity index (χ3n) is 2.09. The summed E-state index contributed by atoms with van der Waals surface area (Å²) in [6, 6.07) is 1.40. The van der Waals surface area contributed by atoms with Crippen LogP contribution in [0.3, 0.4) is 0 Å². The van der Waals surface area contributed by atoms with Crippen molar-refractivity contribution >= 4 is 23.3 Å². The number of hydrogen-bond acceptors (Lipinski definition) is 6. The normalized spacial score (nSPS) is 10.3. The number of anilines is 1. The van der Waals surface area contributed by atoms with Crippen LogP contribution >= 0.6 is 11.6 Å². The van der Waals surface area contributed by atoms with Crippen LogP contribution in [-0.2, 0) is 6.54 Å². The summed E-state index contributed by atoms with van der Waals surface area (Å²) >= 11 is 5.85. The van der Waals surface area contributed by atoms with Crippen LogP contribution in [0.25, 0.3) is 0 Å². The number of nitrogen functional groups attached to an aromatic ring is 1. The zero-order valence-electron chi connectivity index (χ0n) is 9.48. The van der Waals surface area contributed by atoms with Crippen LogP contribution in [-0.4, -0.2) is 21.0 Å². The first-order chi connectivity index (χ1) is 8.56. The van der Waals surface area contributed by atoms with Crippen molar-refractivity contribution in [3.05, 3.63) is 34.6 Å². The van der Waals surface area contributed by atoms with Gasteiger partial charge in [-0.2, -0.15) is 4.98 Å². The Morgan fingerprint density at radius 1 is 1.61 bits per heavy atom. The molecule has 0 fully saturated rings. The lowest BCUT2D eigenvalue weighted by Gasteiger charge is -2.04. The van der Waals surface area contributed by atoms with Crippen LogP contribution in [0.1, 0.15) is 22.1 Å². The number of halogens is 1. The van der Waals surface area contributed by atoms with Crippen molar-refractivity contribution in [1.82, 2.24) is 20.4 Å². The van der Waals surface area contributed by atoms with Gasteiger partial charge in [0.2, 0.25) is 5.89 Å². The molecule has 0 aromatic carbocycles. The molecule has 0 unspecified atom stereocenters. The van der Waals surface area contributed by atoms with Crippen LogP contribution in [0.4, 0.5) is 5.82 Å². The number of nitrogens with zero attached hydrogens (tertiary/aromatic N) is 3. The zero-order valence-corrected chi connectivity index (χ0v) is 10.2. The van der Waals surface area contributed by atoms with Gasteiger partial charge >= 0.3 is 0 Å².